The van der Waals surface area contributed by atoms with Gasteiger partial charge in [-0.2, -0.15) is 5.10 Å². The van der Waals surface area contributed by atoms with Gasteiger partial charge in [-0.15, -0.1) is 0 Å². The van der Waals surface area contributed by atoms with E-state index in [9.17, 15) is 4.79 Å². The zero-order chi connectivity index (χ0) is 23.2. The predicted molar refractivity (Wildman–Crippen MR) is 134 cm³/mol. The van der Waals surface area contributed by atoms with Gasteiger partial charge in [0.2, 0.25) is 0 Å². The number of nitrogens with one attached hydrogen (secondary N) is 1. The van der Waals surface area contributed by atoms with E-state index >= 15 is 0 Å². The van der Waals surface area contributed by atoms with Gasteiger partial charge < -0.3 is 9.30 Å². The summed E-state index contributed by atoms with van der Waals surface area (Å²) in [6, 6.07) is 24.1. The number of ether oxygens (including phenoxy) is 1. The topological polar surface area (TPSA) is 68.5 Å². The number of aromatic nitrogens is 2. The molecule has 3 aromatic carbocycles. The van der Waals surface area contributed by atoms with Gasteiger partial charge in [-0.3, -0.25) is 4.79 Å². The number of carbonyl (C=O) groups is 1. The van der Waals surface area contributed by atoms with Crippen molar-refractivity contribution in [2.24, 2.45) is 5.10 Å². The molecule has 0 fully saturated rings. The van der Waals surface area contributed by atoms with Crippen LogP contribution in [0.2, 0.25) is 0 Å². The van der Waals surface area contributed by atoms with Crippen LogP contribution in [0.1, 0.15) is 23.6 Å². The Morgan fingerprint density at radius 2 is 1.79 bits per heavy atom. The molecule has 1 N–H and O–H groups in total. The molecule has 0 saturated heterocycles. The number of amides is 1. The lowest BCUT2D eigenvalue weighted by atomic mass is 10.1. The SMILES string of the molecule is COc1ccc(/C(C)=N\NC(=O)CSc2nc3ccccc3n2Cc2ccc(C)cc2)cc1. The minimum Gasteiger partial charge on any atom is -0.497 e. The van der Waals surface area contributed by atoms with Crippen LogP contribution in [0, 0.1) is 6.92 Å². The van der Waals surface area contributed by atoms with E-state index in [4.69, 9.17) is 9.72 Å². The molecule has 0 atom stereocenters. The molecule has 1 amide bonds. The lowest BCUT2D eigenvalue weighted by Gasteiger charge is -2.09. The summed E-state index contributed by atoms with van der Waals surface area (Å²) < 4.78 is 7.33. The third-order valence-corrected chi connectivity index (χ3v) is 6.25. The molecule has 4 aromatic rings. The van der Waals surface area contributed by atoms with E-state index in [1.807, 2.05) is 49.4 Å². The highest BCUT2D eigenvalue weighted by atomic mass is 32.2. The molecule has 1 heterocycles. The number of hydrogen-bond acceptors (Lipinski definition) is 5. The molecular formula is C26H26N4O2S. The number of nitrogens with zero attached hydrogens (tertiary/aromatic N) is 3. The van der Waals surface area contributed by atoms with Crippen LogP contribution in [0.3, 0.4) is 0 Å². The van der Waals surface area contributed by atoms with Crippen molar-refractivity contribution in [3.63, 3.8) is 0 Å². The number of aryl methyl sites for hydroxylation is 1. The van der Waals surface area contributed by atoms with Crippen molar-refractivity contribution >= 4 is 34.4 Å². The molecule has 1 aromatic heterocycles. The molecular weight excluding hydrogens is 432 g/mol. The smallest absolute Gasteiger partial charge is 0.250 e. The second-order valence-corrected chi connectivity index (χ2v) is 8.65. The second kappa shape index (κ2) is 10.4. The highest BCUT2D eigenvalue weighted by Crippen LogP contribution is 2.25. The summed E-state index contributed by atoms with van der Waals surface area (Å²) in [5.74, 6) is 0.818. The molecule has 0 aliphatic rings. The van der Waals surface area contributed by atoms with E-state index in [0.29, 0.717) is 6.54 Å². The molecule has 4 rings (SSSR count). The van der Waals surface area contributed by atoms with Crippen LogP contribution in [0.5, 0.6) is 5.75 Å². The van der Waals surface area contributed by atoms with Crippen molar-refractivity contribution in [3.8, 4) is 5.75 Å². The monoisotopic (exact) mass is 458 g/mol. The fourth-order valence-corrected chi connectivity index (χ4v) is 4.20. The highest BCUT2D eigenvalue weighted by molar-refractivity contribution is 7.99. The number of hydrazone groups is 1. The summed E-state index contributed by atoms with van der Waals surface area (Å²) in [6.07, 6.45) is 0. The Hall–Kier alpha value is -3.58. The van der Waals surface area contributed by atoms with Crippen molar-refractivity contribution in [2.45, 2.75) is 25.5 Å². The molecule has 0 saturated carbocycles. The molecule has 0 spiro atoms. The third kappa shape index (κ3) is 5.62. The van der Waals surface area contributed by atoms with E-state index < -0.39 is 0 Å². The quantitative estimate of drug-likeness (QED) is 0.228. The normalized spacial score (nSPS) is 11.5. The maximum absolute atomic E-state index is 12.5. The van der Waals surface area contributed by atoms with Crippen molar-refractivity contribution in [1.82, 2.24) is 15.0 Å². The largest absolute Gasteiger partial charge is 0.497 e. The average Bonchev–Trinajstić information content (AvgIpc) is 3.20. The van der Waals surface area contributed by atoms with Gasteiger partial charge in [0.05, 0.1) is 36.2 Å². The average molecular weight is 459 g/mol. The summed E-state index contributed by atoms with van der Waals surface area (Å²) in [5.41, 5.74) is 8.68. The molecule has 0 radical (unpaired) electrons. The molecule has 0 unspecified atom stereocenters. The fraction of sp³-hybridized carbons (Fsp3) is 0.192. The minimum absolute atomic E-state index is 0.179. The zero-order valence-corrected chi connectivity index (χ0v) is 19.7. The van der Waals surface area contributed by atoms with Crippen molar-refractivity contribution < 1.29 is 9.53 Å². The number of carbonyl (C=O) groups excluding carboxylic acids is 1. The van der Waals surface area contributed by atoms with Gasteiger partial charge in [0.1, 0.15) is 5.75 Å². The lowest BCUT2D eigenvalue weighted by molar-refractivity contribution is -0.118. The van der Waals surface area contributed by atoms with E-state index in [0.717, 1.165) is 33.2 Å². The number of thioether (sulfide) groups is 1. The first-order valence-electron chi connectivity index (χ1n) is 10.6. The molecule has 6 nitrogen and oxygen atoms in total. The number of hydrogen-bond donors (Lipinski definition) is 1. The Labute approximate surface area is 197 Å². The van der Waals surface area contributed by atoms with Crippen LogP contribution < -0.4 is 10.2 Å². The minimum atomic E-state index is -0.179. The fourth-order valence-electron chi connectivity index (χ4n) is 3.40. The highest BCUT2D eigenvalue weighted by Gasteiger charge is 2.13. The number of imidazole rings is 1. The summed E-state index contributed by atoms with van der Waals surface area (Å²) in [4.78, 5) is 17.2. The zero-order valence-electron chi connectivity index (χ0n) is 18.9. The van der Waals surface area contributed by atoms with Crippen molar-refractivity contribution in [2.75, 3.05) is 12.9 Å². The maximum atomic E-state index is 12.5. The molecule has 168 valence electrons. The van der Waals surface area contributed by atoms with Gasteiger partial charge in [0, 0.05) is 0 Å². The van der Waals surface area contributed by atoms with Crippen LogP contribution in [0.4, 0.5) is 0 Å². The molecule has 0 aliphatic carbocycles. The Morgan fingerprint density at radius 1 is 1.06 bits per heavy atom. The summed E-state index contributed by atoms with van der Waals surface area (Å²) >= 11 is 1.41. The summed E-state index contributed by atoms with van der Waals surface area (Å²) in [6.45, 7) is 4.63. The molecule has 33 heavy (non-hydrogen) atoms. The van der Waals surface area contributed by atoms with Crippen LogP contribution in [0.15, 0.2) is 83.1 Å². The first-order valence-corrected chi connectivity index (χ1v) is 11.6. The van der Waals surface area contributed by atoms with Crippen LogP contribution >= 0.6 is 11.8 Å². The number of benzene rings is 3. The number of fused-ring (bicyclic) bond motifs is 1. The van der Waals surface area contributed by atoms with Crippen LogP contribution in [-0.4, -0.2) is 34.0 Å². The van der Waals surface area contributed by atoms with E-state index in [2.05, 4.69) is 52.3 Å². The first-order chi connectivity index (χ1) is 16.0. The van der Waals surface area contributed by atoms with Gasteiger partial charge >= 0.3 is 0 Å². The summed E-state index contributed by atoms with van der Waals surface area (Å²) in [7, 11) is 1.63. The Kier molecular flexibility index (Phi) is 7.10. The van der Waals surface area contributed by atoms with Gasteiger partial charge in [0.25, 0.3) is 5.91 Å². The van der Waals surface area contributed by atoms with E-state index in [-0.39, 0.29) is 11.7 Å². The number of methoxy groups -OCH3 is 1. The van der Waals surface area contributed by atoms with Crippen molar-refractivity contribution in [3.05, 3.63) is 89.5 Å². The van der Waals surface area contributed by atoms with Crippen LogP contribution in [0.25, 0.3) is 11.0 Å². The predicted octanol–water partition coefficient (Wildman–Crippen LogP) is 5.03. The lowest BCUT2D eigenvalue weighted by Crippen LogP contribution is -2.21. The van der Waals surface area contributed by atoms with Gasteiger partial charge in [0.15, 0.2) is 5.16 Å². The standard InChI is InChI=1S/C26H26N4O2S/c1-18-8-10-20(11-9-18)16-30-24-7-5-4-6-23(24)27-26(30)33-17-25(31)29-28-19(2)21-12-14-22(32-3)15-13-21/h4-15H,16-17H2,1-3H3,(H,29,31)/b28-19-. The second-order valence-electron chi connectivity index (χ2n) is 7.70. The summed E-state index contributed by atoms with van der Waals surface area (Å²) in [5, 5.41) is 5.05. The van der Waals surface area contributed by atoms with E-state index in [1.165, 1.54) is 22.9 Å². The molecule has 7 heteroatoms. The van der Waals surface area contributed by atoms with E-state index in [1.54, 1.807) is 7.11 Å². The van der Waals surface area contributed by atoms with Gasteiger partial charge in [-0.05, 0) is 61.4 Å². The Balaban J connectivity index is 1.44. The van der Waals surface area contributed by atoms with Gasteiger partial charge in [-0.1, -0.05) is 53.7 Å². The third-order valence-electron chi connectivity index (χ3n) is 5.27. The van der Waals surface area contributed by atoms with Crippen LogP contribution in [-0.2, 0) is 11.3 Å². The maximum Gasteiger partial charge on any atom is 0.250 e. The Bertz CT molecular complexity index is 1280. The number of rotatable bonds is 8. The molecule has 0 bridgehead atoms. The number of para-hydroxylation sites is 2. The van der Waals surface area contributed by atoms with Crippen molar-refractivity contribution in [1.29, 1.82) is 0 Å². The molecule has 0 aliphatic heterocycles. The first kappa shape index (κ1) is 22.6. The Morgan fingerprint density at radius 3 is 2.52 bits per heavy atom. The van der Waals surface area contributed by atoms with Gasteiger partial charge in [-0.25, -0.2) is 10.4 Å².